The lowest BCUT2D eigenvalue weighted by Gasteiger charge is -2.05. The number of nitro groups is 1. The second kappa shape index (κ2) is 5.62. The van der Waals surface area contributed by atoms with Crippen LogP contribution in [0.5, 0.6) is 5.75 Å². The number of benzene rings is 1. The van der Waals surface area contributed by atoms with Gasteiger partial charge < -0.3 is 4.74 Å². The summed E-state index contributed by atoms with van der Waals surface area (Å²) < 4.78 is 26.9. The SMILES string of the molecule is CS(=O)(=O)CCCOc1ccccc1[N+](=O)[O-]. The first kappa shape index (κ1) is 13.4. The van der Waals surface area contributed by atoms with E-state index in [1.165, 1.54) is 12.1 Å². The van der Waals surface area contributed by atoms with Gasteiger partial charge in [0, 0.05) is 12.3 Å². The van der Waals surface area contributed by atoms with Crippen molar-refractivity contribution in [3.8, 4) is 5.75 Å². The normalized spacial score (nSPS) is 11.1. The maximum absolute atomic E-state index is 10.9. The number of nitro benzene ring substituents is 1. The van der Waals surface area contributed by atoms with Crippen LogP contribution in [-0.4, -0.2) is 32.0 Å². The van der Waals surface area contributed by atoms with Crippen LogP contribution >= 0.6 is 0 Å². The number of para-hydroxylation sites is 2. The zero-order valence-corrected chi connectivity index (χ0v) is 10.1. The molecule has 0 heterocycles. The zero-order valence-electron chi connectivity index (χ0n) is 9.33. The van der Waals surface area contributed by atoms with Gasteiger partial charge >= 0.3 is 5.69 Å². The van der Waals surface area contributed by atoms with Gasteiger partial charge in [0.05, 0.1) is 17.3 Å². The second-order valence-electron chi connectivity index (χ2n) is 3.56. The Kier molecular flexibility index (Phi) is 4.45. The average Bonchev–Trinajstić information content (AvgIpc) is 2.23. The van der Waals surface area contributed by atoms with Crippen molar-refractivity contribution in [1.29, 1.82) is 0 Å². The van der Waals surface area contributed by atoms with Crippen LogP contribution in [0, 0.1) is 10.1 Å². The van der Waals surface area contributed by atoms with Crippen molar-refractivity contribution in [2.45, 2.75) is 6.42 Å². The highest BCUT2D eigenvalue weighted by atomic mass is 32.2. The van der Waals surface area contributed by atoms with Gasteiger partial charge in [-0.3, -0.25) is 10.1 Å². The van der Waals surface area contributed by atoms with E-state index >= 15 is 0 Å². The van der Waals surface area contributed by atoms with Crippen molar-refractivity contribution in [2.75, 3.05) is 18.6 Å². The van der Waals surface area contributed by atoms with E-state index in [0.717, 1.165) is 6.26 Å². The third-order valence-electron chi connectivity index (χ3n) is 1.98. The average molecular weight is 259 g/mol. The molecule has 7 heteroatoms. The minimum Gasteiger partial charge on any atom is -0.487 e. The molecular formula is C10H13NO5S. The summed E-state index contributed by atoms with van der Waals surface area (Å²) in [5.41, 5.74) is -0.119. The van der Waals surface area contributed by atoms with Crippen LogP contribution in [0.25, 0.3) is 0 Å². The fraction of sp³-hybridized carbons (Fsp3) is 0.400. The highest BCUT2D eigenvalue weighted by molar-refractivity contribution is 7.90. The van der Waals surface area contributed by atoms with Gasteiger partial charge in [-0.2, -0.15) is 0 Å². The summed E-state index contributed by atoms with van der Waals surface area (Å²) >= 11 is 0. The van der Waals surface area contributed by atoms with Gasteiger partial charge in [-0.25, -0.2) is 8.42 Å². The monoisotopic (exact) mass is 259 g/mol. The molecule has 6 nitrogen and oxygen atoms in total. The van der Waals surface area contributed by atoms with Crippen LogP contribution < -0.4 is 4.74 Å². The van der Waals surface area contributed by atoms with Crippen LogP contribution in [0.4, 0.5) is 5.69 Å². The van der Waals surface area contributed by atoms with Crippen LogP contribution in [0.2, 0.25) is 0 Å². The maximum Gasteiger partial charge on any atom is 0.310 e. The summed E-state index contributed by atoms with van der Waals surface area (Å²) in [4.78, 5) is 10.1. The molecule has 0 saturated heterocycles. The second-order valence-corrected chi connectivity index (χ2v) is 5.82. The molecular weight excluding hydrogens is 246 g/mol. The van der Waals surface area contributed by atoms with E-state index < -0.39 is 14.8 Å². The van der Waals surface area contributed by atoms with E-state index in [-0.39, 0.29) is 23.8 Å². The fourth-order valence-electron chi connectivity index (χ4n) is 1.23. The number of sulfone groups is 1. The predicted molar refractivity (Wildman–Crippen MR) is 62.9 cm³/mol. The summed E-state index contributed by atoms with van der Waals surface area (Å²) in [7, 11) is -3.02. The predicted octanol–water partition coefficient (Wildman–Crippen LogP) is 1.41. The number of ether oxygens (including phenoxy) is 1. The van der Waals surface area contributed by atoms with Crippen LogP contribution in [0.15, 0.2) is 24.3 Å². The summed E-state index contributed by atoms with van der Waals surface area (Å²) in [6.45, 7) is 0.137. The molecule has 1 aromatic carbocycles. The maximum atomic E-state index is 10.9. The summed E-state index contributed by atoms with van der Waals surface area (Å²) in [6.07, 6.45) is 1.45. The largest absolute Gasteiger partial charge is 0.487 e. The number of hydrogen-bond acceptors (Lipinski definition) is 5. The van der Waals surface area contributed by atoms with E-state index in [1.807, 2.05) is 0 Å². The number of nitrogens with zero attached hydrogens (tertiary/aromatic N) is 1. The number of rotatable bonds is 6. The summed E-state index contributed by atoms with van der Waals surface area (Å²) in [5.74, 6) is 0.166. The first-order valence-electron chi connectivity index (χ1n) is 4.94. The third-order valence-corrected chi connectivity index (χ3v) is 3.01. The van der Waals surface area contributed by atoms with E-state index in [2.05, 4.69) is 0 Å². The van der Waals surface area contributed by atoms with E-state index in [4.69, 9.17) is 4.74 Å². The molecule has 0 atom stereocenters. The van der Waals surface area contributed by atoms with Crippen molar-refractivity contribution in [1.82, 2.24) is 0 Å². The zero-order chi connectivity index (χ0) is 12.9. The van der Waals surface area contributed by atoms with E-state index in [1.54, 1.807) is 12.1 Å². The Balaban J connectivity index is 2.55. The topological polar surface area (TPSA) is 86.5 Å². The molecule has 94 valence electrons. The molecule has 17 heavy (non-hydrogen) atoms. The number of hydrogen-bond donors (Lipinski definition) is 0. The first-order valence-corrected chi connectivity index (χ1v) is 7.00. The molecule has 0 saturated carbocycles. The summed E-state index contributed by atoms with van der Waals surface area (Å²) in [5, 5.41) is 10.6. The highest BCUT2D eigenvalue weighted by Gasteiger charge is 2.13. The molecule has 1 aromatic rings. The lowest BCUT2D eigenvalue weighted by atomic mass is 10.3. The lowest BCUT2D eigenvalue weighted by Crippen LogP contribution is -2.08. The Bertz CT molecular complexity index is 497. The Morgan fingerprint density at radius 2 is 2.00 bits per heavy atom. The molecule has 0 radical (unpaired) electrons. The minimum absolute atomic E-state index is 0.00757. The van der Waals surface area contributed by atoms with Crippen molar-refractivity contribution in [3.05, 3.63) is 34.4 Å². The van der Waals surface area contributed by atoms with Crippen molar-refractivity contribution < 1.29 is 18.1 Å². The molecule has 0 amide bonds. The Hall–Kier alpha value is -1.63. The molecule has 0 N–H and O–H groups in total. The molecule has 0 aliphatic heterocycles. The van der Waals surface area contributed by atoms with E-state index in [0.29, 0.717) is 6.42 Å². The quantitative estimate of drug-likeness (QED) is 0.438. The molecule has 1 rings (SSSR count). The van der Waals surface area contributed by atoms with Gasteiger partial charge in [-0.05, 0) is 12.5 Å². The fourth-order valence-corrected chi connectivity index (χ4v) is 1.88. The third kappa shape index (κ3) is 4.81. The Labute approximate surface area is 99.3 Å². The van der Waals surface area contributed by atoms with Crippen molar-refractivity contribution >= 4 is 15.5 Å². The molecule has 0 spiro atoms. The van der Waals surface area contributed by atoms with Gasteiger partial charge in [-0.1, -0.05) is 12.1 Å². The Morgan fingerprint density at radius 3 is 2.59 bits per heavy atom. The van der Waals surface area contributed by atoms with Crippen LogP contribution in [0.3, 0.4) is 0 Å². The van der Waals surface area contributed by atoms with Gasteiger partial charge in [0.15, 0.2) is 5.75 Å². The van der Waals surface area contributed by atoms with Crippen LogP contribution in [-0.2, 0) is 9.84 Å². The van der Waals surface area contributed by atoms with E-state index in [9.17, 15) is 18.5 Å². The Morgan fingerprint density at radius 1 is 1.35 bits per heavy atom. The lowest BCUT2D eigenvalue weighted by molar-refractivity contribution is -0.385. The van der Waals surface area contributed by atoms with Gasteiger partial charge in [-0.15, -0.1) is 0 Å². The molecule has 0 bridgehead atoms. The smallest absolute Gasteiger partial charge is 0.310 e. The minimum atomic E-state index is -3.02. The van der Waals surface area contributed by atoms with Crippen molar-refractivity contribution in [3.63, 3.8) is 0 Å². The van der Waals surface area contributed by atoms with Gasteiger partial charge in [0.2, 0.25) is 0 Å². The van der Waals surface area contributed by atoms with Gasteiger partial charge in [0.25, 0.3) is 0 Å². The van der Waals surface area contributed by atoms with Crippen LogP contribution in [0.1, 0.15) is 6.42 Å². The molecule has 0 fully saturated rings. The summed E-state index contributed by atoms with van der Waals surface area (Å²) in [6, 6.07) is 5.99. The molecule has 0 aliphatic carbocycles. The molecule has 0 unspecified atom stereocenters. The standard InChI is InChI=1S/C10H13NO5S/c1-17(14,15)8-4-7-16-10-6-3-2-5-9(10)11(12)13/h2-3,5-6H,4,7-8H2,1H3. The molecule has 0 aliphatic rings. The molecule has 0 aromatic heterocycles. The first-order chi connectivity index (χ1) is 7.90. The van der Waals surface area contributed by atoms with Crippen molar-refractivity contribution in [2.24, 2.45) is 0 Å². The van der Waals surface area contributed by atoms with Gasteiger partial charge in [0.1, 0.15) is 9.84 Å². The highest BCUT2D eigenvalue weighted by Crippen LogP contribution is 2.25.